The van der Waals surface area contributed by atoms with Gasteiger partial charge in [-0.15, -0.1) is 0 Å². The lowest BCUT2D eigenvalue weighted by molar-refractivity contribution is 0.269. The van der Waals surface area contributed by atoms with E-state index in [-0.39, 0.29) is 5.82 Å². The van der Waals surface area contributed by atoms with E-state index in [2.05, 4.69) is 5.32 Å². The minimum atomic E-state index is -0.180. The third kappa shape index (κ3) is 6.11. The van der Waals surface area contributed by atoms with Gasteiger partial charge in [0.25, 0.3) is 0 Å². The Morgan fingerprint density at radius 2 is 1.63 bits per heavy atom. The molecule has 0 aromatic heterocycles. The first kappa shape index (κ1) is 22.4. The third-order valence-electron chi connectivity index (χ3n) is 4.56. The second-order valence-electron chi connectivity index (χ2n) is 6.74. The molecule has 0 bridgehead atoms. The van der Waals surface area contributed by atoms with Gasteiger partial charge in [-0.05, 0) is 55.3 Å². The van der Waals surface area contributed by atoms with Crippen molar-refractivity contribution in [2.24, 2.45) is 0 Å². The van der Waals surface area contributed by atoms with Gasteiger partial charge in [0.15, 0.2) is 11.5 Å². The fraction of sp³-hybridized carbons (Fsp3) is 0.250. The molecule has 0 radical (unpaired) electrons. The molecule has 6 heteroatoms. The Kier molecular flexibility index (Phi) is 8.38. The monoisotopic (exact) mass is 447 g/mol. The topological polar surface area (TPSA) is 30.5 Å². The molecule has 0 aliphatic heterocycles. The van der Waals surface area contributed by atoms with Gasteiger partial charge >= 0.3 is 0 Å². The van der Waals surface area contributed by atoms with E-state index >= 15 is 0 Å². The number of hydrogen-bond acceptors (Lipinski definition) is 3. The van der Waals surface area contributed by atoms with Crippen LogP contribution in [-0.4, -0.2) is 13.2 Å². The molecular weight excluding hydrogens is 424 g/mol. The van der Waals surface area contributed by atoms with Crippen molar-refractivity contribution in [2.45, 2.75) is 26.5 Å². The highest BCUT2D eigenvalue weighted by Gasteiger charge is 2.14. The van der Waals surface area contributed by atoms with Crippen LogP contribution in [0.2, 0.25) is 10.0 Å². The molecule has 3 rings (SSSR count). The summed E-state index contributed by atoms with van der Waals surface area (Å²) >= 11 is 12.7. The normalized spacial score (nSPS) is 10.8. The summed E-state index contributed by atoms with van der Waals surface area (Å²) in [6.45, 7) is 3.92. The molecule has 0 spiro atoms. The Bertz CT molecular complexity index is 981. The molecule has 0 saturated heterocycles. The SMILES string of the molecule is CCOc1cc(CNCCc2ccccc2F)cc(Cl)c1OCc1ccccc1Cl. The maximum atomic E-state index is 13.7. The summed E-state index contributed by atoms with van der Waals surface area (Å²) in [4.78, 5) is 0. The van der Waals surface area contributed by atoms with Gasteiger partial charge in [-0.25, -0.2) is 4.39 Å². The molecule has 3 aromatic carbocycles. The Morgan fingerprint density at radius 3 is 2.37 bits per heavy atom. The summed E-state index contributed by atoms with van der Waals surface area (Å²) in [7, 11) is 0. The highest BCUT2D eigenvalue weighted by molar-refractivity contribution is 6.32. The number of nitrogens with one attached hydrogen (secondary N) is 1. The van der Waals surface area contributed by atoms with Crippen LogP contribution in [0.25, 0.3) is 0 Å². The zero-order valence-corrected chi connectivity index (χ0v) is 18.3. The maximum absolute atomic E-state index is 13.7. The van der Waals surface area contributed by atoms with Crippen molar-refractivity contribution in [3.63, 3.8) is 0 Å². The molecule has 30 heavy (non-hydrogen) atoms. The number of ether oxygens (including phenoxy) is 2. The molecule has 0 saturated carbocycles. The van der Waals surface area contributed by atoms with Gasteiger partial charge in [0.05, 0.1) is 11.6 Å². The molecule has 1 N–H and O–H groups in total. The van der Waals surface area contributed by atoms with Crippen molar-refractivity contribution in [1.29, 1.82) is 0 Å². The van der Waals surface area contributed by atoms with Crippen molar-refractivity contribution in [3.8, 4) is 11.5 Å². The van der Waals surface area contributed by atoms with Crippen molar-refractivity contribution >= 4 is 23.2 Å². The Morgan fingerprint density at radius 1 is 0.900 bits per heavy atom. The number of rotatable bonds is 10. The highest BCUT2D eigenvalue weighted by atomic mass is 35.5. The molecule has 0 aliphatic carbocycles. The first-order valence-corrected chi connectivity index (χ1v) is 10.6. The highest BCUT2D eigenvalue weighted by Crippen LogP contribution is 2.37. The molecule has 3 aromatic rings. The van der Waals surface area contributed by atoms with E-state index in [9.17, 15) is 4.39 Å². The second kappa shape index (κ2) is 11.2. The molecule has 0 atom stereocenters. The van der Waals surface area contributed by atoms with E-state index in [4.69, 9.17) is 32.7 Å². The van der Waals surface area contributed by atoms with Crippen molar-refractivity contribution in [2.75, 3.05) is 13.2 Å². The largest absolute Gasteiger partial charge is 0.490 e. The molecule has 0 amide bonds. The smallest absolute Gasteiger partial charge is 0.180 e. The van der Waals surface area contributed by atoms with Crippen molar-refractivity contribution in [1.82, 2.24) is 5.32 Å². The van der Waals surface area contributed by atoms with Crippen molar-refractivity contribution in [3.05, 3.63) is 93.2 Å². The first-order valence-electron chi connectivity index (χ1n) is 9.84. The Balaban J connectivity index is 1.63. The molecule has 0 unspecified atom stereocenters. The lowest BCUT2D eigenvalue weighted by Crippen LogP contribution is -2.17. The molecule has 158 valence electrons. The van der Waals surface area contributed by atoms with Crippen LogP contribution in [0.5, 0.6) is 11.5 Å². The fourth-order valence-electron chi connectivity index (χ4n) is 3.05. The molecule has 0 aliphatic rings. The zero-order valence-electron chi connectivity index (χ0n) is 16.8. The van der Waals surface area contributed by atoms with Crippen LogP contribution in [0.3, 0.4) is 0 Å². The minimum absolute atomic E-state index is 0.180. The summed E-state index contributed by atoms with van der Waals surface area (Å²) in [6, 6.07) is 18.1. The van der Waals surface area contributed by atoms with Gasteiger partial charge in [-0.2, -0.15) is 0 Å². The van der Waals surface area contributed by atoms with E-state index in [0.29, 0.717) is 59.8 Å². The summed E-state index contributed by atoms with van der Waals surface area (Å²) in [5, 5.41) is 4.43. The van der Waals surface area contributed by atoms with E-state index in [1.807, 2.05) is 49.4 Å². The van der Waals surface area contributed by atoms with Gasteiger partial charge in [0, 0.05) is 17.1 Å². The summed E-state index contributed by atoms with van der Waals surface area (Å²) in [5.41, 5.74) is 2.53. The van der Waals surface area contributed by atoms with Crippen LogP contribution < -0.4 is 14.8 Å². The maximum Gasteiger partial charge on any atom is 0.180 e. The van der Waals surface area contributed by atoms with E-state index < -0.39 is 0 Å². The van der Waals surface area contributed by atoms with Gasteiger partial charge in [0.2, 0.25) is 0 Å². The van der Waals surface area contributed by atoms with E-state index in [0.717, 1.165) is 11.1 Å². The van der Waals surface area contributed by atoms with E-state index in [1.165, 1.54) is 6.07 Å². The molecular formula is C24H24Cl2FNO2. The predicted molar refractivity (Wildman–Crippen MR) is 120 cm³/mol. The summed E-state index contributed by atoms with van der Waals surface area (Å²) in [6.07, 6.45) is 0.609. The van der Waals surface area contributed by atoms with Crippen LogP contribution >= 0.6 is 23.2 Å². The van der Waals surface area contributed by atoms with Crippen LogP contribution in [0.1, 0.15) is 23.6 Å². The minimum Gasteiger partial charge on any atom is -0.490 e. The number of hydrogen-bond donors (Lipinski definition) is 1. The quantitative estimate of drug-likeness (QED) is 0.362. The molecule has 0 fully saturated rings. The lowest BCUT2D eigenvalue weighted by Gasteiger charge is -2.16. The fourth-order valence-corrected chi connectivity index (χ4v) is 3.53. The van der Waals surface area contributed by atoms with Gasteiger partial charge < -0.3 is 14.8 Å². The average Bonchev–Trinajstić information content (AvgIpc) is 2.73. The zero-order chi connectivity index (χ0) is 21.3. The first-order chi connectivity index (χ1) is 14.6. The standard InChI is InChI=1S/C24H24Cl2FNO2/c1-2-29-23-14-17(15-28-12-11-18-7-4-6-10-22(18)27)13-21(26)24(23)30-16-19-8-3-5-9-20(19)25/h3-10,13-14,28H,2,11-12,15-16H2,1H3. The average molecular weight is 448 g/mol. The Labute approximate surface area is 186 Å². The third-order valence-corrected chi connectivity index (χ3v) is 5.21. The second-order valence-corrected chi connectivity index (χ2v) is 7.55. The summed E-state index contributed by atoms with van der Waals surface area (Å²) < 4.78 is 25.4. The molecule has 3 nitrogen and oxygen atoms in total. The van der Waals surface area contributed by atoms with Crippen molar-refractivity contribution < 1.29 is 13.9 Å². The Hall–Kier alpha value is -2.27. The van der Waals surface area contributed by atoms with Crippen LogP contribution in [0.4, 0.5) is 4.39 Å². The van der Waals surface area contributed by atoms with E-state index in [1.54, 1.807) is 12.1 Å². The lowest BCUT2D eigenvalue weighted by atomic mass is 10.1. The molecule has 0 heterocycles. The number of halogens is 3. The number of benzene rings is 3. The van der Waals surface area contributed by atoms with Gasteiger partial charge in [0.1, 0.15) is 12.4 Å². The van der Waals surface area contributed by atoms with Gasteiger partial charge in [-0.1, -0.05) is 59.6 Å². The predicted octanol–water partition coefficient (Wildman–Crippen LogP) is 6.44. The van der Waals surface area contributed by atoms with Crippen LogP contribution in [0.15, 0.2) is 60.7 Å². The van der Waals surface area contributed by atoms with Crippen LogP contribution in [-0.2, 0) is 19.6 Å². The van der Waals surface area contributed by atoms with Crippen LogP contribution in [0, 0.1) is 5.82 Å². The van der Waals surface area contributed by atoms with Gasteiger partial charge in [-0.3, -0.25) is 0 Å². The summed E-state index contributed by atoms with van der Waals surface area (Å²) in [5.74, 6) is 0.900.